The second-order valence-corrected chi connectivity index (χ2v) is 8.72. The molecule has 30 heavy (non-hydrogen) atoms. The monoisotopic (exact) mass is 422 g/mol. The smallest absolute Gasteiger partial charge is 0.230 e. The lowest BCUT2D eigenvalue weighted by molar-refractivity contribution is 0.157. The van der Waals surface area contributed by atoms with Crippen LogP contribution in [0.5, 0.6) is 0 Å². The summed E-state index contributed by atoms with van der Waals surface area (Å²) in [5.41, 5.74) is 2.07. The van der Waals surface area contributed by atoms with Gasteiger partial charge in [-0.2, -0.15) is 10.2 Å². The highest BCUT2D eigenvalue weighted by Gasteiger charge is 2.58. The first kappa shape index (κ1) is 19.2. The largest absolute Gasteiger partial charge is 0.339 e. The van der Waals surface area contributed by atoms with E-state index in [-0.39, 0.29) is 11.2 Å². The van der Waals surface area contributed by atoms with Crippen LogP contribution in [0.1, 0.15) is 42.2 Å². The van der Waals surface area contributed by atoms with E-state index in [2.05, 4.69) is 15.0 Å². The summed E-state index contributed by atoms with van der Waals surface area (Å²) in [5, 5.41) is 13.7. The molecule has 2 aromatic carbocycles. The van der Waals surface area contributed by atoms with Gasteiger partial charge in [-0.05, 0) is 62.0 Å². The van der Waals surface area contributed by atoms with Gasteiger partial charge < -0.3 is 4.52 Å². The second kappa shape index (κ2) is 7.50. The molecule has 5 rings (SSSR count). The SMILES string of the molecule is N#Cc1ccc(CN2CCC3(CC2)C[C@H]3c2nc(-c3cccc(Cl)c3)no2)c(F)c1. The van der Waals surface area contributed by atoms with Gasteiger partial charge in [0.05, 0.1) is 11.6 Å². The van der Waals surface area contributed by atoms with Crippen molar-refractivity contribution >= 4 is 11.6 Å². The maximum atomic E-state index is 14.2. The number of aromatic nitrogens is 2. The van der Waals surface area contributed by atoms with Crippen molar-refractivity contribution in [1.82, 2.24) is 15.0 Å². The molecule has 0 N–H and O–H groups in total. The third-order valence-corrected chi connectivity index (χ3v) is 6.68. The molecule has 1 aliphatic carbocycles. The van der Waals surface area contributed by atoms with Gasteiger partial charge in [-0.3, -0.25) is 4.90 Å². The van der Waals surface area contributed by atoms with Crippen molar-refractivity contribution in [2.45, 2.75) is 31.7 Å². The highest BCUT2D eigenvalue weighted by molar-refractivity contribution is 6.30. The molecule has 0 unspecified atom stereocenters. The van der Waals surface area contributed by atoms with Crippen LogP contribution in [0, 0.1) is 22.6 Å². The lowest BCUT2D eigenvalue weighted by atomic mass is 9.90. The Hall–Kier alpha value is -2.75. The van der Waals surface area contributed by atoms with Gasteiger partial charge in [-0.25, -0.2) is 4.39 Å². The second-order valence-electron chi connectivity index (χ2n) is 8.28. The van der Waals surface area contributed by atoms with E-state index >= 15 is 0 Å². The van der Waals surface area contributed by atoms with Gasteiger partial charge in [0.2, 0.25) is 11.7 Å². The molecule has 1 atom stereocenters. The molecule has 152 valence electrons. The van der Waals surface area contributed by atoms with Gasteiger partial charge >= 0.3 is 0 Å². The molecular weight excluding hydrogens is 403 g/mol. The first-order valence-corrected chi connectivity index (χ1v) is 10.4. The molecule has 1 saturated heterocycles. The summed E-state index contributed by atoms with van der Waals surface area (Å²) >= 11 is 6.06. The maximum absolute atomic E-state index is 14.2. The summed E-state index contributed by atoms with van der Waals surface area (Å²) in [6, 6.07) is 14.1. The first-order chi connectivity index (χ1) is 14.6. The van der Waals surface area contributed by atoms with Crippen molar-refractivity contribution in [2.24, 2.45) is 5.41 Å². The van der Waals surface area contributed by atoms with E-state index in [1.807, 2.05) is 30.3 Å². The summed E-state index contributed by atoms with van der Waals surface area (Å²) in [7, 11) is 0. The van der Waals surface area contributed by atoms with Crippen LogP contribution in [0.15, 0.2) is 47.0 Å². The number of nitrogens with zero attached hydrogens (tertiary/aromatic N) is 4. The first-order valence-electron chi connectivity index (χ1n) is 10.1. The van der Waals surface area contributed by atoms with E-state index in [4.69, 9.17) is 21.4 Å². The van der Waals surface area contributed by atoms with Crippen LogP contribution in [0.3, 0.4) is 0 Å². The van der Waals surface area contributed by atoms with Crippen molar-refractivity contribution in [3.8, 4) is 17.5 Å². The number of halogens is 2. The zero-order chi connectivity index (χ0) is 20.7. The summed E-state index contributed by atoms with van der Waals surface area (Å²) in [5.74, 6) is 1.27. The van der Waals surface area contributed by atoms with Crippen LogP contribution in [-0.2, 0) is 6.54 Å². The quantitative estimate of drug-likeness (QED) is 0.580. The Bertz CT molecular complexity index is 1130. The van der Waals surface area contributed by atoms with Crippen LogP contribution in [0.4, 0.5) is 4.39 Å². The molecule has 1 aromatic heterocycles. The lowest BCUT2D eigenvalue weighted by Gasteiger charge is -2.32. The molecule has 2 fully saturated rings. The molecule has 0 amide bonds. The van der Waals surface area contributed by atoms with Crippen LogP contribution in [-0.4, -0.2) is 28.1 Å². The van der Waals surface area contributed by atoms with Gasteiger partial charge in [0.15, 0.2) is 0 Å². The third-order valence-electron chi connectivity index (χ3n) is 6.44. The Balaban J connectivity index is 1.21. The summed E-state index contributed by atoms with van der Waals surface area (Å²) in [6.07, 6.45) is 3.12. The number of hydrogen-bond acceptors (Lipinski definition) is 5. The van der Waals surface area contributed by atoms with Crippen molar-refractivity contribution in [1.29, 1.82) is 5.26 Å². The van der Waals surface area contributed by atoms with Crippen LogP contribution >= 0.6 is 11.6 Å². The fourth-order valence-electron chi connectivity index (χ4n) is 4.51. The van der Waals surface area contributed by atoms with Crippen molar-refractivity contribution in [3.63, 3.8) is 0 Å². The van der Waals surface area contributed by atoms with Gasteiger partial charge in [0.1, 0.15) is 5.82 Å². The molecule has 7 heteroatoms. The fraction of sp³-hybridized carbons (Fsp3) is 0.348. The van der Waals surface area contributed by atoms with Gasteiger partial charge in [-0.15, -0.1) is 0 Å². The zero-order valence-electron chi connectivity index (χ0n) is 16.3. The average molecular weight is 423 g/mol. The Morgan fingerprint density at radius 2 is 2.07 bits per heavy atom. The molecule has 3 aromatic rings. The maximum Gasteiger partial charge on any atom is 0.230 e. The zero-order valence-corrected chi connectivity index (χ0v) is 17.1. The number of nitriles is 1. The van der Waals surface area contributed by atoms with E-state index in [0.29, 0.717) is 40.3 Å². The average Bonchev–Trinajstić information content (AvgIpc) is 3.22. The van der Waals surface area contributed by atoms with E-state index < -0.39 is 0 Å². The normalized spacial score (nSPS) is 20.2. The molecule has 2 aliphatic rings. The Morgan fingerprint density at radius 1 is 1.23 bits per heavy atom. The predicted octanol–water partition coefficient (Wildman–Crippen LogP) is 5.17. The minimum atomic E-state index is -0.307. The molecule has 1 spiro atoms. The summed E-state index contributed by atoms with van der Waals surface area (Å²) < 4.78 is 19.8. The standard InChI is InChI=1S/C23H20ClFN4O/c24-18-3-1-2-16(11-18)21-27-22(30-28-21)19-12-23(19)6-8-29(9-7-23)14-17-5-4-15(13-26)10-20(17)25/h1-5,10-11,19H,6-9,12,14H2/t19-/m0/s1. The number of benzene rings is 2. The van der Waals surface area contributed by atoms with E-state index in [0.717, 1.165) is 37.9 Å². The van der Waals surface area contributed by atoms with Crippen molar-refractivity contribution < 1.29 is 8.91 Å². The topological polar surface area (TPSA) is 66.0 Å². The minimum absolute atomic E-state index is 0.220. The van der Waals surface area contributed by atoms with Crippen LogP contribution in [0.25, 0.3) is 11.4 Å². The minimum Gasteiger partial charge on any atom is -0.339 e. The van der Waals surface area contributed by atoms with E-state index in [1.54, 1.807) is 12.1 Å². The van der Waals surface area contributed by atoms with Crippen molar-refractivity contribution in [3.05, 3.63) is 70.3 Å². The summed E-state index contributed by atoms with van der Waals surface area (Å²) in [6.45, 7) is 2.38. The summed E-state index contributed by atoms with van der Waals surface area (Å²) in [4.78, 5) is 6.90. The van der Waals surface area contributed by atoms with Gasteiger partial charge in [0.25, 0.3) is 0 Å². The van der Waals surface area contributed by atoms with Gasteiger partial charge in [0, 0.05) is 28.6 Å². The Kier molecular flexibility index (Phi) is 4.80. The Morgan fingerprint density at radius 3 is 2.80 bits per heavy atom. The number of piperidine rings is 1. The van der Waals surface area contributed by atoms with Crippen molar-refractivity contribution in [2.75, 3.05) is 13.1 Å². The Labute approximate surface area is 179 Å². The third kappa shape index (κ3) is 3.60. The molecule has 2 heterocycles. The molecule has 0 radical (unpaired) electrons. The molecule has 5 nitrogen and oxygen atoms in total. The van der Waals surface area contributed by atoms with E-state index in [9.17, 15) is 4.39 Å². The number of likely N-dealkylation sites (tertiary alicyclic amines) is 1. The van der Waals surface area contributed by atoms with Gasteiger partial charge in [-0.1, -0.05) is 35.0 Å². The molecule has 1 aliphatic heterocycles. The van der Waals surface area contributed by atoms with Crippen LogP contribution < -0.4 is 0 Å². The number of hydrogen-bond donors (Lipinski definition) is 0. The lowest BCUT2D eigenvalue weighted by Crippen LogP contribution is -2.34. The highest BCUT2D eigenvalue weighted by Crippen LogP contribution is 2.64. The highest BCUT2D eigenvalue weighted by atomic mass is 35.5. The number of rotatable bonds is 4. The van der Waals surface area contributed by atoms with Crippen LogP contribution in [0.2, 0.25) is 5.02 Å². The molecular formula is C23H20ClFN4O. The predicted molar refractivity (Wildman–Crippen MR) is 110 cm³/mol. The molecule has 1 saturated carbocycles. The van der Waals surface area contributed by atoms with E-state index in [1.165, 1.54) is 6.07 Å². The fourth-order valence-corrected chi connectivity index (χ4v) is 4.70. The molecule has 0 bridgehead atoms.